The van der Waals surface area contributed by atoms with E-state index >= 15 is 0 Å². The van der Waals surface area contributed by atoms with Crippen molar-refractivity contribution in [3.05, 3.63) is 27.8 Å². The van der Waals surface area contributed by atoms with Crippen LogP contribution in [0.4, 0.5) is 22.4 Å². The fourth-order valence-electron chi connectivity index (χ4n) is 3.31. The quantitative estimate of drug-likeness (QED) is 0.722. The van der Waals surface area contributed by atoms with Crippen molar-refractivity contribution in [3.8, 4) is 5.75 Å². The van der Waals surface area contributed by atoms with Crippen LogP contribution in [0.2, 0.25) is 5.02 Å². The summed E-state index contributed by atoms with van der Waals surface area (Å²) >= 11 is 7.04. The maximum Gasteiger partial charge on any atom is 0.573 e. The maximum atomic E-state index is 13.9. The van der Waals surface area contributed by atoms with Crippen LogP contribution in [0.5, 0.6) is 5.75 Å². The van der Waals surface area contributed by atoms with Crippen LogP contribution in [0.25, 0.3) is 10.1 Å². The Labute approximate surface area is 163 Å². The zero-order valence-corrected chi connectivity index (χ0v) is 15.4. The molecule has 1 spiro atoms. The summed E-state index contributed by atoms with van der Waals surface area (Å²) in [5, 5.41) is 2.76. The molecule has 3 heterocycles. The molecule has 1 aromatic carbocycles. The van der Waals surface area contributed by atoms with Gasteiger partial charge in [-0.05, 0) is 12.5 Å². The average Bonchev–Trinajstić information content (AvgIpc) is 3.26. The predicted octanol–water partition coefficient (Wildman–Crippen LogP) is 3.92. The number of rotatable bonds is 2. The van der Waals surface area contributed by atoms with Gasteiger partial charge in [-0.3, -0.25) is 4.79 Å². The second-order valence-electron chi connectivity index (χ2n) is 6.53. The third-order valence-electron chi connectivity index (χ3n) is 4.59. The number of amides is 2. The van der Waals surface area contributed by atoms with Crippen molar-refractivity contribution in [1.82, 2.24) is 10.2 Å². The molecule has 150 valence electrons. The number of nitrogens with zero attached hydrogens (tertiary/aromatic N) is 1. The first kappa shape index (κ1) is 19.1. The molecule has 2 fully saturated rings. The summed E-state index contributed by atoms with van der Waals surface area (Å²) in [5.41, 5.74) is -0.657. The van der Waals surface area contributed by atoms with Crippen LogP contribution in [-0.2, 0) is 4.74 Å². The van der Waals surface area contributed by atoms with Gasteiger partial charge in [0.1, 0.15) is 11.5 Å². The second kappa shape index (κ2) is 6.38. The van der Waals surface area contributed by atoms with E-state index in [0.717, 1.165) is 23.5 Å². The minimum atomic E-state index is -5.05. The topological polar surface area (TPSA) is 67.9 Å². The number of halogens is 5. The van der Waals surface area contributed by atoms with Crippen LogP contribution in [0.1, 0.15) is 16.1 Å². The van der Waals surface area contributed by atoms with Gasteiger partial charge in [0, 0.05) is 29.2 Å². The van der Waals surface area contributed by atoms with Gasteiger partial charge in [0.15, 0.2) is 11.6 Å². The number of carbonyl (C=O) groups is 2. The number of hydrogen-bond donors (Lipinski definition) is 1. The van der Waals surface area contributed by atoms with Gasteiger partial charge in [-0.1, -0.05) is 11.6 Å². The van der Waals surface area contributed by atoms with Crippen LogP contribution >= 0.6 is 22.9 Å². The van der Waals surface area contributed by atoms with E-state index in [-0.39, 0.29) is 33.1 Å². The van der Waals surface area contributed by atoms with Gasteiger partial charge >= 0.3 is 12.5 Å². The number of thiophene rings is 1. The molecule has 12 heteroatoms. The number of carbonyl (C=O) groups excluding carboxylic acids is 2. The molecule has 1 atom stereocenters. The first-order chi connectivity index (χ1) is 13.1. The Morgan fingerprint density at radius 3 is 2.79 bits per heavy atom. The number of fused-ring (bicyclic) bond motifs is 1. The van der Waals surface area contributed by atoms with Crippen LogP contribution in [0.3, 0.4) is 0 Å². The molecule has 6 nitrogen and oxygen atoms in total. The van der Waals surface area contributed by atoms with Crippen LogP contribution < -0.4 is 10.1 Å². The van der Waals surface area contributed by atoms with E-state index in [1.165, 1.54) is 4.90 Å². The third kappa shape index (κ3) is 3.32. The molecule has 2 aliphatic heterocycles. The molecule has 2 saturated heterocycles. The Kier molecular flexibility index (Phi) is 4.34. The number of nitrogens with one attached hydrogen (secondary N) is 1. The fourth-order valence-corrected chi connectivity index (χ4v) is 4.79. The predicted molar refractivity (Wildman–Crippen MR) is 91.2 cm³/mol. The van der Waals surface area contributed by atoms with Crippen molar-refractivity contribution < 1.29 is 36.6 Å². The van der Waals surface area contributed by atoms with E-state index in [2.05, 4.69) is 10.1 Å². The molecular weight excluding hydrogens is 428 g/mol. The minimum Gasteiger partial charge on any atom is -0.447 e. The molecule has 28 heavy (non-hydrogen) atoms. The smallest absolute Gasteiger partial charge is 0.447 e. The van der Waals surface area contributed by atoms with Gasteiger partial charge in [0.05, 0.1) is 10.6 Å². The van der Waals surface area contributed by atoms with Crippen LogP contribution in [0, 0.1) is 5.82 Å². The van der Waals surface area contributed by atoms with Crippen molar-refractivity contribution in [2.45, 2.75) is 18.3 Å². The molecule has 1 aromatic heterocycles. The molecule has 4 rings (SSSR count). The lowest BCUT2D eigenvalue weighted by Gasteiger charge is -2.21. The molecule has 1 N–H and O–H groups in total. The van der Waals surface area contributed by atoms with Crippen LogP contribution in [-0.4, -0.2) is 48.5 Å². The highest BCUT2D eigenvalue weighted by Crippen LogP contribution is 2.41. The van der Waals surface area contributed by atoms with Crippen molar-refractivity contribution in [3.63, 3.8) is 0 Å². The van der Waals surface area contributed by atoms with Gasteiger partial charge in [0.2, 0.25) is 0 Å². The van der Waals surface area contributed by atoms with E-state index in [9.17, 15) is 27.2 Å². The first-order valence-corrected chi connectivity index (χ1v) is 9.18. The van der Waals surface area contributed by atoms with E-state index in [1.807, 2.05) is 0 Å². The molecule has 0 aliphatic carbocycles. The second-order valence-corrected chi connectivity index (χ2v) is 7.96. The lowest BCUT2D eigenvalue weighted by atomic mass is 10.0. The standard InChI is InChI=1S/C16H11ClF4N2O4S/c17-11-7-3-8(18)9(27-16(19,20)21)4-10(7)28-12(11)13(24)23-2-1-15(5-23)6-26-14(25)22-15/h3-4H,1-2,5-6H2,(H,22,25). The Bertz CT molecular complexity index is 995. The van der Waals surface area contributed by atoms with E-state index in [0.29, 0.717) is 13.0 Å². The Hall–Kier alpha value is -2.27. The molecule has 0 saturated carbocycles. The molecule has 0 bridgehead atoms. The molecule has 2 aliphatic rings. The largest absolute Gasteiger partial charge is 0.573 e. The third-order valence-corrected chi connectivity index (χ3v) is 6.23. The van der Waals surface area contributed by atoms with Gasteiger partial charge in [0.25, 0.3) is 5.91 Å². The zero-order valence-electron chi connectivity index (χ0n) is 13.9. The van der Waals surface area contributed by atoms with E-state index in [1.54, 1.807) is 0 Å². The monoisotopic (exact) mass is 438 g/mol. The summed E-state index contributed by atoms with van der Waals surface area (Å²) in [4.78, 5) is 25.7. The van der Waals surface area contributed by atoms with Crippen LogP contribution in [0.15, 0.2) is 12.1 Å². The van der Waals surface area contributed by atoms with Crippen molar-refractivity contribution in [2.24, 2.45) is 0 Å². The van der Waals surface area contributed by atoms with Crippen molar-refractivity contribution in [2.75, 3.05) is 19.7 Å². The molecule has 2 aromatic rings. The van der Waals surface area contributed by atoms with Gasteiger partial charge in [-0.15, -0.1) is 24.5 Å². The highest BCUT2D eigenvalue weighted by Gasteiger charge is 2.47. The van der Waals surface area contributed by atoms with Crippen molar-refractivity contribution in [1.29, 1.82) is 0 Å². The number of ether oxygens (including phenoxy) is 2. The number of likely N-dealkylation sites (tertiary alicyclic amines) is 1. The number of cyclic esters (lactones) is 1. The lowest BCUT2D eigenvalue weighted by molar-refractivity contribution is -0.275. The maximum absolute atomic E-state index is 13.9. The summed E-state index contributed by atoms with van der Waals surface area (Å²) < 4.78 is 59.9. The fraction of sp³-hybridized carbons (Fsp3) is 0.375. The number of hydrogen-bond acceptors (Lipinski definition) is 5. The highest BCUT2D eigenvalue weighted by atomic mass is 35.5. The first-order valence-electron chi connectivity index (χ1n) is 7.98. The summed E-state index contributed by atoms with van der Waals surface area (Å²) in [6.45, 7) is 0.682. The molecule has 0 radical (unpaired) electrons. The summed E-state index contributed by atoms with van der Waals surface area (Å²) in [7, 11) is 0. The summed E-state index contributed by atoms with van der Waals surface area (Å²) in [5.74, 6) is -2.69. The summed E-state index contributed by atoms with van der Waals surface area (Å²) in [6.07, 6.45) is -5.11. The Morgan fingerprint density at radius 2 is 2.14 bits per heavy atom. The van der Waals surface area contributed by atoms with Gasteiger partial charge < -0.3 is 19.7 Å². The van der Waals surface area contributed by atoms with E-state index < -0.39 is 35.5 Å². The highest BCUT2D eigenvalue weighted by molar-refractivity contribution is 7.21. The van der Waals surface area contributed by atoms with Gasteiger partial charge in [-0.25, -0.2) is 9.18 Å². The average molecular weight is 439 g/mol. The summed E-state index contributed by atoms with van der Waals surface area (Å²) in [6, 6.07) is 1.67. The molecule has 1 unspecified atom stereocenters. The number of alkyl carbamates (subject to hydrolysis) is 1. The van der Waals surface area contributed by atoms with Crippen molar-refractivity contribution >= 4 is 45.0 Å². The lowest BCUT2D eigenvalue weighted by Crippen LogP contribution is -2.46. The Balaban J connectivity index is 1.63. The minimum absolute atomic E-state index is 0.0462. The van der Waals surface area contributed by atoms with Gasteiger partial charge in [-0.2, -0.15) is 0 Å². The molecule has 2 amide bonds. The number of benzene rings is 1. The molecular formula is C16H11ClF4N2O4S. The van der Waals surface area contributed by atoms with E-state index in [4.69, 9.17) is 16.3 Å². The zero-order chi connectivity index (χ0) is 20.3. The normalized spacial score (nSPS) is 22.0. The number of alkyl halides is 3. The SMILES string of the molecule is O=C1NC2(CCN(C(=O)c3sc4cc(OC(F)(F)F)c(F)cc4c3Cl)C2)CO1. The Morgan fingerprint density at radius 1 is 1.39 bits per heavy atom.